The Morgan fingerprint density at radius 2 is 1.78 bits per heavy atom. The number of hydrogen-bond acceptors (Lipinski definition) is 6. The molecule has 0 bridgehead atoms. The van der Waals surface area contributed by atoms with Gasteiger partial charge >= 0.3 is 0 Å². The first kappa shape index (κ1) is 14.7. The number of nitrogens with two attached hydrogens (primary N) is 1. The molecular weight excluding hydrogens is 286 g/mol. The SMILES string of the molecule is Nc1ccc(S(=O)(=O)O)cc1OCCS(=O)(=O)O. The molecular formula is C8H11NO7S2. The lowest BCUT2D eigenvalue weighted by Crippen LogP contribution is -2.13. The Hall–Kier alpha value is -1.36. The van der Waals surface area contributed by atoms with Crippen molar-refractivity contribution < 1.29 is 30.7 Å². The molecule has 0 spiro atoms. The molecule has 0 saturated carbocycles. The van der Waals surface area contributed by atoms with Crippen molar-refractivity contribution >= 4 is 25.9 Å². The summed E-state index contributed by atoms with van der Waals surface area (Å²) in [7, 11) is -8.58. The van der Waals surface area contributed by atoms with E-state index in [1.165, 1.54) is 6.07 Å². The standard InChI is InChI=1S/C8H11NO7S2/c9-7-2-1-6(18(13,14)15)5-8(7)16-3-4-17(10,11)12/h1-2,5H,3-4,9H2,(H,10,11,12)(H,13,14,15). The fraction of sp³-hybridized carbons (Fsp3) is 0.250. The largest absolute Gasteiger partial charge is 0.490 e. The van der Waals surface area contributed by atoms with Gasteiger partial charge in [-0.15, -0.1) is 0 Å². The Labute approximate surface area is 104 Å². The van der Waals surface area contributed by atoms with E-state index in [9.17, 15) is 16.8 Å². The molecule has 0 radical (unpaired) electrons. The van der Waals surface area contributed by atoms with Crippen LogP contribution in [-0.4, -0.2) is 38.3 Å². The van der Waals surface area contributed by atoms with E-state index < -0.39 is 37.5 Å². The molecule has 0 aromatic heterocycles. The molecule has 0 aliphatic carbocycles. The lowest BCUT2D eigenvalue weighted by atomic mass is 10.3. The van der Waals surface area contributed by atoms with E-state index in [1.807, 2.05) is 0 Å². The monoisotopic (exact) mass is 297 g/mol. The Kier molecular flexibility index (Phi) is 4.16. The predicted octanol–water partition coefficient (Wildman–Crippen LogP) is -0.218. The minimum absolute atomic E-state index is 0.0673. The fourth-order valence-corrected chi connectivity index (χ4v) is 1.85. The third-order valence-electron chi connectivity index (χ3n) is 1.88. The van der Waals surface area contributed by atoms with Crippen LogP contribution >= 0.6 is 0 Å². The van der Waals surface area contributed by atoms with Crippen LogP contribution in [0.5, 0.6) is 5.75 Å². The van der Waals surface area contributed by atoms with E-state index in [-0.39, 0.29) is 11.4 Å². The van der Waals surface area contributed by atoms with Gasteiger partial charge in [-0.25, -0.2) is 0 Å². The molecule has 10 heteroatoms. The summed E-state index contributed by atoms with van der Waals surface area (Å²) in [6.07, 6.45) is 0. The predicted molar refractivity (Wildman–Crippen MR) is 62.6 cm³/mol. The molecule has 0 atom stereocenters. The molecule has 0 heterocycles. The molecule has 0 fully saturated rings. The zero-order valence-corrected chi connectivity index (χ0v) is 10.6. The topological polar surface area (TPSA) is 144 Å². The van der Waals surface area contributed by atoms with Crippen molar-refractivity contribution in [2.75, 3.05) is 18.1 Å². The van der Waals surface area contributed by atoms with Gasteiger partial charge in [0.25, 0.3) is 20.2 Å². The minimum Gasteiger partial charge on any atom is -0.490 e. The number of nitrogen functional groups attached to an aromatic ring is 1. The number of anilines is 1. The summed E-state index contributed by atoms with van der Waals surface area (Å²) in [5.74, 6) is -0.767. The van der Waals surface area contributed by atoms with Crippen LogP contribution in [0.4, 0.5) is 5.69 Å². The molecule has 1 rings (SSSR count). The van der Waals surface area contributed by atoms with Gasteiger partial charge in [-0.05, 0) is 12.1 Å². The smallest absolute Gasteiger partial charge is 0.294 e. The average Bonchev–Trinajstić information content (AvgIpc) is 2.17. The van der Waals surface area contributed by atoms with Gasteiger partial charge in [0.1, 0.15) is 18.1 Å². The van der Waals surface area contributed by atoms with Crippen LogP contribution in [0.3, 0.4) is 0 Å². The lowest BCUT2D eigenvalue weighted by molar-refractivity contribution is 0.336. The van der Waals surface area contributed by atoms with E-state index in [1.54, 1.807) is 0 Å². The second kappa shape index (κ2) is 5.10. The van der Waals surface area contributed by atoms with E-state index in [0.29, 0.717) is 0 Å². The normalized spacial score (nSPS) is 12.3. The van der Waals surface area contributed by atoms with Crippen molar-refractivity contribution in [3.8, 4) is 5.75 Å². The van der Waals surface area contributed by atoms with Crippen molar-refractivity contribution in [2.45, 2.75) is 4.90 Å². The third kappa shape index (κ3) is 4.49. The van der Waals surface area contributed by atoms with Gasteiger partial charge in [-0.2, -0.15) is 16.8 Å². The van der Waals surface area contributed by atoms with Gasteiger partial charge in [0.2, 0.25) is 0 Å². The summed E-state index contributed by atoms with van der Waals surface area (Å²) < 4.78 is 64.8. The van der Waals surface area contributed by atoms with Crippen LogP contribution in [0.2, 0.25) is 0 Å². The van der Waals surface area contributed by atoms with Gasteiger partial charge in [0, 0.05) is 6.07 Å². The zero-order chi connectivity index (χ0) is 14.0. The Morgan fingerprint density at radius 3 is 2.28 bits per heavy atom. The van der Waals surface area contributed by atoms with E-state index in [0.717, 1.165) is 12.1 Å². The van der Waals surface area contributed by atoms with Crippen LogP contribution in [0.25, 0.3) is 0 Å². The maximum absolute atomic E-state index is 10.9. The lowest BCUT2D eigenvalue weighted by Gasteiger charge is -2.09. The van der Waals surface area contributed by atoms with Crippen LogP contribution in [0.15, 0.2) is 23.1 Å². The van der Waals surface area contributed by atoms with Gasteiger partial charge in [0.05, 0.1) is 10.6 Å². The first-order valence-corrected chi connectivity index (χ1v) is 7.59. The summed E-state index contributed by atoms with van der Waals surface area (Å²) in [5.41, 5.74) is 5.54. The highest BCUT2D eigenvalue weighted by molar-refractivity contribution is 7.86. The second-order valence-electron chi connectivity index (χ2n) is 3.31. The summed E-state index contributed by atoms with van der Waals surface area (Å²) in [6, 6.07) is 3.21. The maximum atomic E-state index is 10.9. The molecule has 0 aliphatic rings. The highest BCUT2D eigenvalue weighted by Gasteiger charge is 2.13. The first-order chi connectivity index (χ1) is 8.09. The molecule has 4 N–H and O–H groups in total. The molecule has 8 nitrogen and oxygen atoms in total. The first-order valence-electron chi connectivity index (χ1n) is 4.54. The van der Waals surface area contributed by atoms with E-state index in [2.05, 4.69) is 0 Å². The number of ether oxygens (including phenoxy) is 1. The fourth-order valence-electron chi connectivity index (χ4n) is 1.06. The second-order valence-corrected chi connectivity index (χ2v) is 6.30. The summed E-state index contributed by atoms with van der Waals surface area (Å²) in [5, 5.41) is 0. The van der Waals surface area contributed by atoms with Crippen molar-refractivity contribution in [1.82, 2.24) is 0 Å². The molecule has 1 aromatic rings. The highest BCUT2D eigenvalue weighted by Crippen LogP contribution is 2.25. The van der Waals surface area contributed by atoms with Gasteiger partial charge < -0.3 is 10.5 Å². The molecule has 0 saturated heterocycles. The Morgan fingerprint density at radius 1 is 1.17 bits per heavy atom. The van der Waals surface area contributed by atoms with Crippen LogP contribution in [-0.2, 0) is 20.2 Å². The highest BCUT2D eigenvalue weighted by atomic mass is 32.2. The van der Waals surface area contributed by atoms with Crippen molar-refractivity contribution in [3.63, 3.8) is 0 Å². The Bertz CT molecular complexity index is 635. The molecule has 1 aromatic carbocycles. The molecule has 0 amide bonds. The molecule has 102 valence electrons. The Balaban J connectivity index is 2.89. The number of rotatable bonds is 5. The zero-order valence-electron chi connectivity index (χ0n) is 8.98. The van der Waals surface area contributed by atoms with Crippen LogP contribution in [0, 0.1) is 0 Å². The van der Waals surface area contributed by atoms with E-state index >= 15 is 0 Å². The summed E-state index contributed by atoms with van der Waals surface area (Å²) in [4.78, 5) is -0.432. The van der Waals surface area contributed by atoms with E-state index in [4.69, 9.17) is 19.6 Å². The maximum Gasteiger partial charge on any atom is 0.294 e. The van der Waals surface area contributed by atoms with Gasteiger partial charge in [-0.3, -0.25) is 9.11 Å². The number of hydrogen-bond donors (Lipinski definition) is 3. The van der Waals surface area contributed by atoms with Gasteiger partial charge in [0.15, 0.2) is 0 Å². The summed E-state index contributed by atoms with van der Waals surface area (Å²) in [6.45, 7) is -0.405. The van der Waals surface area contributed by atoms with Crippen molar-refractivity contribution in [1.29, 1.82) is 0 Å². The molecule has 0 unspecified atom stereocenters. The molecule has 0 aliphatic heterocycles. The van der Waals surface area contributed by atoms with Crippen LogP contribution < -0.4 is 10.5 Å². The quantitative estimate of drug-likeness (QED) is 0.500. The third-order valence-corrected chi connectivity index (χ3v) is 3.41. The number of benzene rings is 1. The average molecular weight is 297 g/mol. The van der Waals surface area contributed by atoms with Crippen molar-refractivity contribution in [3.05, 3.63) is 18.2 Å². The van der Waals surface area contributed by atoms with Crippen molar-refractivity contribution in [2.24, 2.45) is 0 Å². The summed E-state index contributed by atoms with van der Waals surface area (Å²) >= 11 is 0. The van der Waals surface area contributed by atoms with Crippen LogP contribution in [0.1, 0.15) is 0 Å². The van der Waals surface area contributed by atoms with Gasteiger partial charge in [-0.1, -0.05) is 0 Å². The molecule has 18 heavy (non-hydrogen) atoms. The minimum atomic E-state index is -4.40.